The molecule has 0 radical (unpaired) electrons. The Morgan fingerprint density at radius 3 is 2.95 bits per heavy atom. The van der Waals surface area contributed by atoms with Gasteiger partial charge in [0.25, 0.3) is 0 Å². The van der Waals surface area contributed by atoms with Crippen LogP contribution in [0.2, 0.25) is 0 Å². The SMILES string of the molecule is CC(C)CCNc1cc(N2CCc3ccccc32)ncn1. The third-order valence-corrected chi connectivity index (χ3v) is 3.84. The maximum absolute atomic E-state index is 4.44. The molecule has 1 aromatic heterocycles. The van der Waals surface area contributed by atoms with Crippen LogP contribution in [0.25, 0.3) is 0 Å². The monoisotopic (exact) mass is 282 g/mol. The molecular formula is C17H22N4. The van der Waals surface area contributed by atoms with Crippen LogP contribution in [0.4, 0.5) is 17.3 Å². The number of fused-ring (bicyclic) bond motifs is 1. The van der Waals surface area contributed by atoms with E-state index in [9.17, 15) is 0 Å². The Hall–Kier alpha value is -2.10. The summed E-state index contributed by atoms with van der Waals surface area (Å²) in [6, 6.07) is 10.6. The van der Waals surface area contributed by atoms with Gasteiger partial charge in [-0.1, -0.05) is 32.0 Å². The van der Waals surface area contributed by atoms with Crippen molar-refractivity contribution in [3.05, 3.63) is 42.2 Å². The van der Waals surface area contributed by atoms with Gasteiger partial charge in [-0.05, 0) is 30.4 Å². The van der Waals surface area contributed by atoms with Crippen molar-refractivity contribution < 1.29 is 0 Å². The van der Waals surface area contributed by atoms with E-state index < -0.39 is 0 Å². The number of aromatic nitrogens is 2. The lowest BCUT2D eigenvalue weighted by Gasteiger charge is -2.18. The molecule has 0 spiro atoms. The molecule has 0 bridgehead atoms. The smallest absolute Gasteiger partial charge is 0.138 e. The lowest BCUT2D eigenvalue weighted by Crippen LogP contribution is -2.15. The first-order valence-corrected chi connectivity index (χ1v) is 7.65. The normalized spacial score (nSPS) is 13.6. The minimum absolute atomic E-state index is 0.698. The maximum atomic E-state index is 4.44. The quantitative estimate of drug-likeness (QED) is 0.909. The zero-order chi connectivity index (χ0) is 14.7. The van der Waals surface area contributed by atoms with Gasteiger partial charge in [-0.15, -0.1) is 0 Å². The highest BCUT2D eigenvalue weighted by Crippen LogP contribution is 2.33. The fraction of sp³-hybridized carbons (Fsp3) is 0.412. The largest absolute Gasteiger partial charge is 0.370 e. The topological polar surface area (TPSA) is 41.0 Å². The van der Waals surface area contributed by atoms with Gasteiger partial charge in [0.1, 0.15) is 18.0 Å². The molecule has 0 atom stereocenters. The van der Waals surface area contributed by atoms with E-state index in [1.54, 1.807) is 6.33 Å². The molecule has 2 aromatic rings. The summed E-state index contributed by atoms with van der Waals surface area (Å²) >= 11 is 0. The molecule has 4 nitrogen and oxygen atoms in total. The molecule has 4 heteroatoms. The van der Waals surface area contributed by atoms with Crippen molar-refractivity contribution in [3.8, 4) is 0 Å². The number of hydrogen-bond donors (Lipinski definition) is 1. The van der Waals surface area contributed by atoms with Crippen molar-refractivity contribution in [2.45, 2.75) is 26.7 Å². The van der Waals surface area contributed by atoms with Crippen LogP contribution in [-0.4, -0.2) is 23.1 Å². The van der Waals surface area contributed by atoms with Gasteiger partial charge in [0.2, 0.25) is 0 Å². The van der Waals surface area contributed by atoms with E-state index in [2.05, 4.69) is 58.3 Å². The van der Waals surface area contributed by atoms with Crippen LogP contribution in [0, 0.1) is 5.92 Å². The molecule has 0 fully saturated rings. The van der Waals surface area contributed by atoms with E-state index in [1.165, 1.54) is 11.3 Å². The van der Waals surface area contributed by atoms with E-state index in [4.69, 9.17) is 0 Å². The molecule has 0 saturated carbocycles. The summed E-state index contributed by atoms with van der Waals surface area (Å²) in [6.45, 7) is 6.40. The molecule has 1 aromatic carbocycles. The third kappa shape index (κ3) is 3.15. The van der Waals surface area contributed by atoms with Crippen molar-refractivity contribution in [1.29, 1.82) is 0 Å². The average molecular weight is 282 g/mol. The van der Waals surface area contributed by atoms with Crippen molar-refractivity contribution in [1.82, 2.24) is 9.97 Å². The van der Waals surface area contributed by atoms with E-state index in [-0.39, 0.29) is 0 Å². The Bertz CT molecular complexity index is 609. The van der Waals surface area contributed by atoms with E-state index in [0.717, 1.165) is 37.6 Å². The fourth-order valence-corrected chi connectivity index (χ4v) is 2.66. The Labute approximate surface area is 126 Å². The predicted molar refractivity (Wildman–Crippen MR) is 87.1 cm³/mol. The zero-order valence-corrected chi connectivity index (χ0v) is 12.7. The van der Waals surface area contributed by atoms with Crippen molar-refractivity contribution in [2.75, 3.05) is 23.3 Å². The second kappa shape index (κ2) is 6.12. The Morgan fingerprint density at radius 2 is 2.10 bits per heavy atom. The molecule has 0 saturated heterocycles. The van der Waals surface area contributed by atoms with Gasteiger partial charge in [-0.3, -0.25) is 0 Å². The molecule has 0 aliphatic carbocycles. The number of para-hydroxylation sites is 1. The van der Waals surface area contributed by atoms with Crippen LogP contribution in [0.3, 0.4) is 0 Å². The molecule has 1 aliphatic heterocycles. The van der Waals surface area contributed by atoms with E-state index in [0.29, 0.717) is 5.92 Å². The van der Waals surface area contributed by atoms with Crippen molar-refractivity contribution in [2.24, 2.45) is 5.92 Å². The molecule has 3 rings (SSSR count). The van der Waals surface area contributed by atoms with Crippen LogP contribution >= 0.6 is 0 Å². The summed E-state index contributed by atoms with van der Waals surface area (Å²) in [4.78, 5) is 11.0. The second-order valence-corrected chi connectivity index (χ2v) is 5.90. The number of nitrogens with zero attached hydrogens (tertiary/aromatic N) is 3. The minimum Gasteiger partial charge on any atom is -0.370 e. The van der Waals surface area contributed by atoms with E-state index in [1.807, 2.05) is 6.07 Å². The minimum atomic E-state index is 0.698. The van der Waals surface area contributed by atoms with Gasteiger partial charge in [0.15, 0.2) is 0 Å². The molecule has 110 valence electrons. The highest BCUT2D eigenvalue weighted by molar-refractivity contribution is 5.68. The van der Waals surface area contributed by atoms with Crippen molar-refractivity contribution >= 4 is 17.3 Å². The molecule has 21 heavy (non-hydrogen) atoms. The van der Waals surface area contributed by atoms with Crippen LogP contribution in [-0.2, 0) is 6.42 Å². The summed E-state index contributed by atoms with van der Waals surface area (Å²) in [5.41, 5.74) is 2.66. The number of rotatable bonds is 5. The summed E-state index contributed by atoms with van der Waals surface area (Å²) < 4.78 is 0. The highest BCUT2D eigenvalue weighted by atomic mass is 15.2. The lowest BCUT2D eigenvalue weighted by atomic mass is 10.1. The average Bonchev–Trinajstić information content (AvgIpc) is 2.91. The highest BCUT2D eigenvalue weighted by Gasteiger charge is 2.20. The van der Waals surface area contributed by atoms with E-state index >= 15 is 0 Å². The summed E-state index contributed by atoms with van der Waals surface area (Å²) in [5.74, 6) is 2.58. The Morgan fingerprint density at radius 1 is 1.24 bits per heavy atom. The molecule has 1 N–H and O–H groups in total. The Kier molecular flexibility index (Phi) is 4.04. The summed E-state index contributed by atoms with van der Waals surface area (Å²) in [5, 5.41) is 3.39. The fourth-order valence-electron chi connectivity index (χ4n) is 2.66. The Balaban J connectivity index is 1.75. The summed E-state index contributed by atoms with van der Waals surface area (Å²) in [6.07, 6.45) is 3.87. The van der Waals surface area contributed by atoms with Crippen LogP contribution < -0.4 is 10.2 Å². The maximum Gasteiger partial charge on any atom is 0.138 e. The number of benzene rings is 1. The number of nitrogens with one attached hydrogen (secondary N) is 1. The number of hydrogen-bond acceptors (Lipinski definition) is 4. The van der Waals surface area contributed by atoms with Gasteiger partial charge >= 0.3 is 0 Å². The molecule has 0 unspecified atom stereocenters. The molecule has 1 aliphatic rings. The zero-order valence-electron chi connectivity index (χ0n) is 12.7. The first-order chi connectivity index (χ1) is 10.2. The second-order valence-electron chi connectivity index (χ2n) is 5.90. The van der Waals surface area contributed by atoms with Gasteiger partial charge in [-0.2, -0.15) is 0 Å². The van der Waals surface area contributed by atoms with Crippen LogP contribution in [0.5, 0.6) is 0 Å². The number of anilines is 3. The van der Waals surface area contributed by atoms with Gasteiger partial charge in [0, 0.05) is 24.8 Å². The first kappa shape index (κ1) is 13.9. The van der Waals surface area contributed by atoms with Crippen molar-refractivity contribution in [3.63, 3.8) is 0 Å². The lowest BCUT2D eigenvalue weighted by molar-refractivity contribution is 0.606. The molecular weight excluding hydrogens is 260 g/mol. The van der Waals surface area contributed by atoms with Gasteiger partial charge in [-0.25, -0.2) is 9.97 Å². The van der Waals surface area contributed by atoms with Gasteiger partial charge < -0.3 is 10.2 Å². The predicted octanol–water partition coefficient (Wildman–Crippen LogP) is 3.63. The third-order valence-electron chi connectivity index (χ3n) is 3.84. The summed E-state index contributed by atoms with van der Waals surface area (Å²) in [7, 11) is 0. The van der Waals surface area contributed by atoms with Crippen LogP contribution in [0.1, 0.15) is 25.8 Å². The first-order valence-electron chi connectivity index (χ1n) is 7.65. The molecule has 2 heterocycles. The van der Waals surface area contributed by atoms with Crippen LogP contribution in [0.15, 0.2) is 36.7 Å². The van der Waals surface area contributed by atoms with Gasteiger partial charge in [0.05, 0.1) is 0 Å². The standard InChI is InChI=1S/C17H22N4/c1-13(2)7-9-18-16-11-17(20-12-19-16)21-10-8-14-5-3-4-6-15(14)21/h3-6,11-13H,7-10H2,1-2H3,(H,18,19,20). The molecule has 0 amide bonds.